The third-order valence-electron chi connectivity index (χ3n) is 5.47. The van der Waals surface area contributed by atoms with Crippen molar-refractivity contribution in [3.8, 4) is 0 Å². The summed E-state index contributed by atoms with van der Waals surface area (Å²) in [7, 11) is -4.16. The average molecular weight is 418 g/mol. The zero-order valence-electron chi connectivity index (χ0n) is 17.7. The molecule has 1 saturated heterocycles. The molecule has 1 fully saturated rings. The van der Waals surface area contributed by atoms with Crippen LogP contribution in [0.1, 0.15) is 53.3 Å². The van der Waals surface area contributed by atoms with E-state index in [1.807, 2.05) is 41.5 Å². The van der Waals surface area contributed by atoms with Gasteiger partial charge in [-0.3, -0.25) is 4.79 Å². The molecule has 9 heteroatoms. The van der Waals surface area contributed by atoms with E-state index in [4.69, 9.17) is 9.31 Å². The summed E-state index contributed by atoms with van der Waals surface area (Å²) < 4.78 is 38.9. The van der Waals surface area contributed by atoms with Gasteiger partial charge in [0.15, 0.2) is 9.84 Å². The Balaban J connectivity index is 1.81. The van der Waals surface area contributed by atoms with Gasteiger partial charge in [0.25, 0.3) is 5.56 Å². The fourth-order valence-corrected chi connectivity index (χ4v) is 4.26. The second-order valence-corrected chi connectivity index (χ2v) is 10.6. The van der Waals surface area contributed by atoms with Crippen LogP contribution in [0.25, 0.3) is 0 Å². The van der Waals surface area contributed by atoms with Crippen LogP contribution in [-0.2, 0) is 24.9 Å². The van der Waals surface area contributed by atoms with E-state index in [1.165, 1.54) is 16.8 Å². The smallest absolute Gasteiger partial charge is 0.399 e. The van der Waals surface area contributed by atoms with Crippen molar-refractivity contribution in [2.45, 2.75) is 69.4 Å². The zero-order valence-corrected chi connectivity index (χ0v) is 18.5. The zero-order chi connectivity index (χ0) is 21.6. The van der Waals surface area contributed by atoms with Crippen molar-refractivity contribution < 1.29 is 17.7 Å². The van der Waals surface area contributed by atoms with Gasteiger partial charge in [-0.05, 0) is 65.2 Å². The van der Waals surface area contributed by atoms with Crippen molar-refractivity contribution >= 4 is 22.4 Å². The Labute approximate surface area is 172 Å². The van der Waals surface area contributed by atoms with E-state index in [1.54, 1.807) is 24.3 Å². The third kappa shape index (κ3) is 4.32. The van der Waals surface area contributed by atoms with Crippen LogP contribution in [0.5, 0.6) is 0 Å². The Bertz CT molecular complexity index is 1040. The highest BCUT2D eigenvalue weighted by atomic mass is 32.2. The van der Waals surface area contributed by atoms with Gasteiger partial charge in [-0.1, -0.05) is 12.1 Å². The van der Waals surface area contributed by atoms with Crippen LogP contribution >= 0.6 is 0 Å². The van der Waals surface area contributed by atoms with Crippen LogP contribution in [0.2, 0.25) is 0 Å². The van der Waals surface area contributed by atoms with Crippen molar-refractivity contribution in [2.75, 3.05) is 0 Å². The predicted octanol–water partition coefficient (Wildman–Crippen LogP) is 2.10. The molecular weight excluding hydrogens is 391 g/mol. The van der Waals surface area contributed by atoms with Crippen molar-refractivity contribution in [1.29, 1.82) is 0 Å². The molecule has 2 aromatic rings. The molecule has 1 aromatic heterocycles. The maximum absolute atomic E-state index is 12.8. The summed E-state index contributed by atoms with van der Waals surface area (Å²) in [5, 5.41) is 4.18. The lowest BCUT2D eigenvalue weighted by Gasteiger charge is -2.32. The lowest BCUT2D eigenvalue weighted by Crippen LogP contribution is -2.41. The fraction of sp³-hybridized carbons (Fsp3) is 0.500. The summed E-state index contributed by atoms with van der Waals surface area (Å²) >= 11 is 0. The van der Waals surface area contributed by atoms with E-state index in [-0.39, 0.29) is 22.2 Å². The minimum atomic E-state index is -3.61. The van der Waals surface area contributed by atoms with Crippen molar-refractivity contribution in [3.63, 3.8) is 0 Å². The van der Waals surface area contributed by atoms with E-state index >= 15 is 0 Å². The fourth-order valence-electron chi connectivity index (χ4n) is 3.00. The molecule has 1 aliphatic rings. The van der Waals surface area contributed by atoms with Crippen LogP contribution in [0.4, 0.5) is 0 Å². The second kappa shape index (κ2) is 7.38. The Kier molecular flexibility index (Phi) is 5.53. The largest absolute Gasteiger partial charge is 0.494 e. The molecule has 1 aliphatic heterocycles. The van der Waals surface area contributed by atoms with Crippen molar-refractivity contribution in [3.05, 3.63) is 52.4 Å². The summed E-state index contributed by atoms with van der Waals surface area (Å²) in [5.74, 6) is -0.282. The van der Waals surface area contributed by atoms with Crippen LogP contribution < -0.4 is 11.0 Å². The van der Waals surface area contributed by atoms with Gasteiger partial charge in [0.1, 0.15) is 0 Å². The molecule has 3 rings (SSSR count). The number of nitrogens with zero attached hydrogens (tertiary/aromatic N) is 2. The number of rotatable bonds is 5. The highest BCUT2D eigenvalue weighted by Gasteiger charge is 2.51. The number of sulfone groups is 1. The maximum atomic E-state index is 12.8. The molecule has 29 heavy (non-hydrogen) atoms. The Hall–Kier alpha value is -1.97. The quantitative estimate of drug-likeness (QED) is 0.692. The maximum Gasteiger partial charge on any atom is 0.494 e. The first-order chi connectivity index (χ1) is 13.3. The van der Waals surface area contributed by atoms with Crippen LogP contribution in [0.15, 0.2) is 46.1 Å². The Morgan fingerprint density at radius 2 is 1.55 bits per heavy atom. The van der Waals surface area contributed by atoms with Gasteiger partial charge in [-0.15, -0.1) is 0 Å². The summed E-state index contributed by atoms with van der Waals surface area (Å²) in [5.41, 5.74) is -0.100. The molecule has 0 amide bonds. The molecule has 0 aliphatic carbocycles. The molecule has 2 heterocycles. The van der Waals surface area contributed by atoms with Gasteiger partial charge in [0, 0.05) is 6.07 Å². The predicted molar refractivity (Wildman–Crippen MR) is 112 cm³/mol. The van der Waals surface area contributed by atoms with Crippen LogP contribution in [0.3, 0.4) is 0 Å². The van der Waals surface area contributed by atoms with E-state index in [0.29, 0.717) is 5.69 Å². The second-order valence-electron chi connectivity index (χ2n) is 8.62. The molecule has 1 aromatic carbocycles. The van der Waals surface area contributed by atoms with Gasteiger partial charge in [-0.2, -0.15) is 5.10 Å². The molecule has 0 atom stereocenters. The van der Waals surface area contributed by atoms with Crippen molar-refractivity contribution in [2.24, 2.45) is 0 Å². The summed E-state index contributed by atoms with van der Waals surface area (Å²) in [6.07, 6.45) is 0. The number of hydrogen-bond acceptors (Lipinski definition) is 6. The molecule has 0 spiro atoms. The van der Waals surface area contributed by atoms with Gasteiger partial charge in [0.2, 0.25) is 0 Å². The molecule has 0 bridgehead atoms. The van der Waals surface area contributed by atoms with E-state index < -0.39 is 28.2 Å². The summed E-state index contributed by atoms with van der Waals surface area (Å²) in [6.45, 7) is 11.5. The molecular formula is C20H27BN2O5S. The molecule has 0 unspecified atom stereocenters. The summed E-state index contributed by atoms with van der Waals surface area (Å²) in [6, 6.07) is 9.16. The standard InChI is InChI=1S/C20H27BN2O5S/c1-14(2)23-18(24)12-9-16(22-23)13-29(25,26)17-10-7-15(8-11-17)21-27-19(3,4)20(5,6)28-21/h7-12,14H,13H2,1-6H3. The SMILES string of the molecule is CC(C)n1nc(CS(=O)(=O)c2ccc(B3OC(C)(C)C(C)(C)O3)cc2)ccc1=O. The van der Waals surface area contributed by atoms with Gasteiger partial charge < -0.3 is 9.31 Å². The van der Waals surface area contributed by atoms with Crippen LogP contribution in [0, 0.1) is 0 Å². The minimum absolute atomic E-state index is 0.149. The molecule has 0 saturated carbocycles. The number of hydrogen-bond donors (Lipinski definition) is 0. The lowest BCUT2D eigenvalue weighted by molar-refractivity contribution is 0.00578. The average Bonchev–Trinajstić information content (AvgIpc) is 2.84. The first-order valence-corrected chi connectivity index (χ1v) is 11.2. The first kappa shape index (κ1) is 21.7. The van der Waals surface area contributed by atoms with Crippen LogP contribution in [-0.4, -0.2) is 36.5 Å². The van der Waals surface area contributed by atoms with E-state index in [0.717, 1.165) is 5.46 Å². The third-order valence-corrected chi connectivity index (χ3v) is 7.14. The minimum Gasteiger partial charge on any atom is -0.399 e. The number of aromatic nitrogens is 2. The highest BCUT2D eigenvalue weighted by molar-refractivity contribution is 7.90. The van der Waals surface area contributed by atoms with E-state index in [9.17, 15) is 13.2 Å². The monoisotopic (exact) mass is 418 g/mol. The lowest BCUT2D eigenvalue weighted by atomic mass is 9.79. The molecule has 7 nitrogen and oxygen atoms in total. The van der Waals surface area contributed by atoms with Gasteiger partial charge >= 0.3 is 7.12 Å². The Morgan fingerprint density at radius 1 is 1.00 bits per heavy atom. The normalized spacial score (nSPS) is 18.4. The summed E-state index contributed by atoms with van der Waals surface area (Å²) in [4.78, 5) is 12.0. The first-order valence-electron chi connectivity index (χ1n) is 9.59. The number of benzene rings is 1. The highest BCUT2D eigenvalue weighted by Crippen LogP contribution is 2.36. The molecule has 0 N–H and O–H groups in total. The Morgan fingerprint density at radius 3 is 2.07 bits per heavy atom. The van der Waals surface area contributed by atoms with Crippen molar-refractivity contribution in [1.82, 2.24) is 9.78 Å². The van der Waals surface area contributed by atoms with Gasteiger partial charge in [-0.25, -0.2) is 13.1 Å². The van der Waals surface area contributed by atoms with Gasteiger partial charge in [0.05, 0.1) is 33.6 Å². The topological polar surface area (TPSA) is 87.5 Å². The molecule has 0 radical (unpaired) electrons. The van der Waals surface area contributed by atoms with E-state index in [2.05, 4.69) is 5.10 Å². The molecule has 156 valence electrons.